The monoisotopic (exact) mass is 1490 g/mol. The number of unbranched alkanes of at least 4 members (excludes halogenated alkanes) is 58. The van der Waals surface area contributed by atoms with Crippen molar-refractivity contribution in [2.75, 3.05) is 39.6 Å². The smallest absolute Gasteiger partial charge is 0.462 e. The quantitative estimate of drug-likeness (QED) is 0.0222. The average molecular weight is 1490 g/mol. The largest absolute Gasteiger partial charge is 0.472 e. The van der Waals surface area contributed by atoms with E-state index in [9.17, 15) is 43.2 Å². The van der Waals surface area contributed by atoms with E-state index < -0.39 is 97.5 Å². The van der Waals surface area contributed by atoms with Gasteiger partial charge in [-0.2, -0.15) is 0 Å². The Bertz CT molecular complexity index is 1930. The molecule has 0 aromatic heterocycles. The summed E-state index contributed by atoms with van der Waals surface area (Å²) in [5.41, 5.74) is 0. The molecule has 0 aromatic carbocycles. The standard InChI is InChI=1S/C83H162O17P2/c1-5-9-13-17-21-25-29-33-36-38-41-44-48-52-56-60-64-68-81(86)94-74-79(99-82(87)69-65-61-57-53-49-45-40-35-31-27-23-19-15-11-7-3)76-98-102(91,92)96-72-77(84)71-95-101(89,90)97-75-78(73-93-80(85)67-63-59-55-51-47-43-32-28-24-20-16-12-8-4)100-83(88)70-66-62-58-54-50-46-42-39-37-34-30-26-22-18-14-10-6-2/h77-79,84H,5-76H2,1-4H3,(H,89,90)(H,91,92)/t77-,78+,79+/m0/s1. The lowest BCUT2D eigenvalue weighted by Crippen LogP contribution is -2.30. The van der Waals surface area contributed by atoms with E-state index in [0.29, 0.717) is 25.7 Å². The van der Waals surface area contributed by atoms with Crippen LogP contribution in [0.5, 0.6) is 0 Å². The molecule has 0 radical (unpaired) electrons. The van der Waals surface area contributed by atoms with Gasteiger partial charge in [0.25, 0.3) is 0 Å². The predicted molar refractivity (Wildman–Crippen MR) is 419 cm³/mol. The van der Waals surface area contributed by atoms with Gasteiger partial charge in [-0.05, 0) is 25.7 Å². The number of ether oxygens (including phenoxy) is 4. The fourth-order valence-corrected chi connectivity index (χ4v) is 14.6. The van der Waals surface area contributed by atoms with Crippen molar-refractivity contribution >= 4 is 39.5 Å². The van der Waals surface area contributed by atoms with E-state index >= 15 is 0 Å². The second-order valence-corrected chi connectivity index (χ2v) is 32.8. The Hall–Kier alpha value is -1.94. The fourth-order valence-electron chi connectivity index (χ4n) is 13.0. The van der Waals surface area contributed by atoms with E-state index in [1.807, 2.05) is 0 Å². The summed E-state index contributed by atoms with van der Waals surface area (Å²) in [5, 5.41) is 10.7. The lowest BCUT2D eigenvalue weighted by atomic mass is 10.0. The third-order valence-corrected chi connectivity index (χ3v) is 21.5. The van der Waals surface area contributed by atoms with Crippen LogP contribution in [0.4, 0.5) is 0 Å². The van der Waals surface area contributed by atoms with Gasteiger partial charge in [-0.1, -0.05) is 400 Å². The summed E-state index contributed by atoms with van der Waals surface area (Å²) in [7, 11) is -9.92. The van der Waals surface area contributed by atoms with E-state index in [-0.39, 0.29) is 25.7 Å². The molecule has 2 unspecified atom stereocenters. The summed E-state index contributed by atoms with van der Waals surface area (Å²) in [6.45, 7) is 5.06. The normalized spacial score (nSPS) is 13.8. The fraction of sp³-hybridized carbons (Fsp3) is 0.952. The molecule has 0 rings (SSSR count). The maximum atomic E-state index is 13.1. The zero-order chi connectivity index (χ0) is 74.6. The Labute approximate surface area is 626 Å². The molecular formula is C83H162O17P2. The minimum Gasteiger partial charge on any atom is -0.462 e. The topological polar surface area (TPSA) is 237 Å². The minimum atomic E-state index is -4.96. The molecule has 3 N–H and O–H groups in total. The Morgan fingerprint density at radius 2 is 0.392 bits per heavy atom. The van der Waals surface area contributed by atoms with Crippen LogP contribution in [0.3, 0.4) is 0 Å². The van der Waals surface area contributed by atoms with Crippen molar-refractivity contribution in [1.29, 1.82) is 0 Å². The highest BCUT2D eigenvalue weighted by atomic mass is 31.2. The lowest BCUT2D eigenvalue weighted by molar-refractivity contribution is -0.161. The van der Waals surface area contributed by atoms with Crippen LogP contribution < -0.4 is 0 Å². The van der Waals surface area contributed by atoms with Crippen LogP contribution >= 0.6 is 15.6 Å². The molecule has 0 fully saturated rings. The maximum absolute atomic E-state index is 13.1. The van der Waals surface area contributed by atoms with E-state index in [0.717, 1.165) is 89.9 Å². The molecular weight excluding hydrogens is 1330 g/mol. The molecule has 0 spiro atoms. The van der Waals surface area contributed by atoms with Crippen molar-refractivity contribution in [1.82, 2.24) is 0 Å². The molecule has 19 heteroatoms. The first kappa shape index (κ1) is 100. The predicted octanol–water partition coefficient (Wildman–Crippen LogP) is 25.4. The van der Waals surface area contributed by atoms with Crippen molar-refractivity contribution < 1.29 is 80.2 Å². The zero-order valence-corrected chi connectivity index (χ0v) is 68.4. The van der Waals surface area contributed by atoms with E-state index in [4.69, 9.17) is 37.0 Å². The first-order valence-corrected chi connectivity index (χ1v) is 46.3. The van der Waals surface area contributed by atoms with Gasteiger partial charge in [0.15, 0.2) is 12.2 Å². The molecule has 0 aromatic rings. The highest BCUT2D eigenvalue weighted by molar-refractivity contribution is 7.47. The number of rotatable bonds is 84. The Kier molecular flexibility index (Phi) is 75.8. The molecule has 0 heterocycles. The summed E-state index contributed by atoms with van der Waals surface area (Å²) >= 11 is 0. The summed E-state index contributed by atoms with van der Waals surface area (Å²) in [5.74, 6) is -2.10. The Balaban J connectivity index is 5.26. The van der Waals surface area contributed by atoms with Gasteiger partial charge >= 0.3 is 39.5 Å². The lowest BCUT2D eigenvalue weighted by Gasteiger charge is -2.21. The van der Waals surface area contributed by atoms with Crippen molar-refractivity contribution in [2.45, 2.75) is 470 Å². The van der Waals surface area contributed by atoms with Crippen LogP contribution in [-0.2, 0) is 65.4 Å². The molecule has 0 amide bonds. The van der Waals surface area contributed by atoms with Gasteiger partial charge < -0.3 is 33.8 Å². The van der Waals surface area contributed by atoms with Gasteiger partial charge in [-0.3, -0.25) is 37.3 Å². The summed E-state index contributed by atoms with van der Waals surface area (Å²) in [4.78, 5) is 73.2. The number of aliphatic hydroxyl groups excluding tert-OH is 1. The van der Waals surface area contributed by atoms with Gasteiger partial charge in [0.05, 0.1) is 26.4 Å². The van der Waals surface area contributed by atoms with Crippen LogP contribution in [0.15, 0.2) is 0 Å². The Morgan fingerprint density at radius 1 is 0.235 bits per heavy atom. The number of aliphatic hydroxyl groups is 1. The SMILES string of the molecule is CCCCCCCCCCCCCCCCCCCC(=O)OC[C@H](COP(=O)(O)OC[C@@H](O)COP(=O)(O)OC[C@@H](COC(=O)CCCCCCCCCCCCCCC)OC(=O)CCCCCCCCCCCCCCCCCCC)OC(=O)CCCCCCCCCCCCCCCCC. The molecule has 17 nitrogen and oxygen atoms in total. The molecule has 0 aliphatic heterocycles. The molecule has 102 heavy (non-hydrogen) atoms. The second kappa shape index (κ2) is 77.2. The van der Waals surface area contributed by atoms with Crippen molar-refractivity contribution in [3.63, 3.8) is 0 Å². The van der Waals surface area contributed by atoms with E-state index in [1.165, 1.54) is 283 Å². The highest BCUT2D eigenvalue weighted by Crippen LogP contribution is 2.45. The van der Waals surface area contributed by atoms with Gasteiger partial charge in [-0.15, -0.1) is 0 Å². The minimum absolute atomic E-state index is 0.109. The average Bonchev–Trinajstić information content (AvgIpc) is 0.951. The molecule has 0 saturated carbocycles. The number of hydrogen-bond acceptors (Lipinski definition) is 15. The van der Waals surface area contributed by atoms with Crippen LogP contribution in [0.1, 0.15) is 451 Å². The third kappa shape index (κ3) is 76.3. The highest BCUT2D eigenvalue weighted by Gasteiger charge is 2.30. The first-order chi connectivity index (χ1) is 49.7. The number of carbonyl (C=O) groups is 4. The van der Waals surface area contributed by atoms with Crippen molar-refractivity contribution in [2.24, 2.45) is 0 Å². The number of carbonyl (C=O) groups excluding carboxylic acids is 4. The third-order valence-electron chi connectivity index (χ3n) is 19.6. The van der Waals surface area contributed by atoms with E-state index in [1.54, 1.807) is 0 Å². The summed E-state index contributed by atoms with van der Waals surface area (Å²) in [6, 6.07) is 0. The molecule has 606 valence electrons. The van der Waals surface area contributed by atoms with Crippen LogP contribution in [0.2, 0.25) is 0 Å². The van der Waals surface area contributed by atoms with Crippen LogP contribution in [0.25, 0.3) is 0 Å². The molecule has 0 saturated heterocycles. The van der Waals surface area contributed by atoms with Gasteiger partial charge in [0, 0.05) is 25.7 Å². The zero-order valence-electron chi connectivity index (χ0n) is 66.6. The van der Waals surface area contributed by atoms with E-state index in [2.05, 4.69) is 27.7 Å². The molecule has 0 bridgehead atoms. The van der Waals surface area contributed by atoms with Gasteiger partial charge in [0.1, 0.15) is 19.3 Å². The maximum Gasteiger partial charge on any atom is 0.472 e. The van der Waals surface area contributed by atoms with Gasteiger partial charge in [0.2, 0.25) is 0 Å². The first-order valence-electron chi connectivity index (χ1n) is 43.3. The number of phosphoric ester groups is 2. The second-order valence-electron chi connectivity index (χ2n) is 29.9. The summed E-state index contributed by atoms with van der Waals surface area (Å²) < 4.78 is 68.8. The number of phosphoric acid groups is 2. The van der Waals surface area contributed by atoms with Crippen molar-refractivity contribution in [3.8, 4) is 0 Å². The number of hydrogen-bond donors (Lipinski definition) is 3. The van der Waals surface area contributed by atoms with Crippen molar-refractivity contribution in [3.05, 3.63) is 0 Å². The Morgan fingerprint density at radius 3 is 0.578 bits per heavy atom. The van der Waals surface area contributed by atoms with Gasteiger partial charge in [-0.25, -0.2) is 9.13 Å². The van der Waals surface area contributed by atoms with Crippen LogP contribution in [0, 0.1) is 0 Å². The summed E-state index contributed by atoms with van der Waals surface area (Å²) in [6.07, 6.45) is 70.6. The molecule has 0 aliphatic carbocycles. The number of esters is 4. The molecule has 0 aliphatic rings. The van der Waals surface area contributed by atoms with Crippen LogP contribution in [-0.4, -0.2) is 96.7 Å². The molecule has 5 atom stereocenters.